The van der Waals surface area contributed by atoms with Crippen LogP contribution in [-0.2, 0) is 11.2 Å². The van der Waals surface area contributed by atoms with E-state index >= 15 is 0 Å². The molecule has 2 N–H and O–H groups in total. The number of amides is 2. The average Bonchev–Trinajstić information content (AvgIpc) is 3.09. The van der Waals surface area contributed by atoms with E-state index in [9.17, 15) is 9.59 Å². The predicted octanol–water partition coefficient (Wildman–Crippen LogP) is 4.83. The second-order valence-corrected chi connectivity index (χ2v) is 7.16. The van der Waals surface area contributed by atoms with Crippen LogP contribution in [0.2, 0.25) is 0 Å². The molecule has 0 fully saturated rings. The zero-order chi connectivity index (χ0) is 21.1. The quantitative estimate of drug-likeness (QED) is 0.605. The molecule has 1 aliphatic heterocycles. The van der Waals surface area contributed by atoms with E-state index in [2.05, 4.69) is 10.6 Å². The number of nitrogens with one attached hydrogen (secondary N) is 2. The molecule has 1 aliphatic rings. The Balaban J connectivity index is 1.49. The van der Waals surface area contributed by atoms with Crippen LogP contribution >= 0.6 is 0 Å². The van der Waals surface area contributed by atoms with Gasteiger partial charge in [0.15, 0.2) is 0 Å². The Morgan fingerprint density at radius 3 is 2.60 bits per heavy atom. The highest BCUT2D eigenvalue weighted by Crippen LogP contribution is 2.34. The fourth-order valence-electron chi connectivity index (χ4n) is 3.51. The van der Waals surface area contributed by atoms with Gasteiger partial charge in [-0.25, -0.2) is 0 Å². The lowest BCUT2D eigenvalue weighted by atomic mass is 10.0. The predicted molar refractivity (Wildman–Crippen MR) is 119 cm³/mol. The Hall–Kier alpha value is -3.86. The van der Waals surface area contributed by atoms with E-state index in [4.69, 9.17) is 4.74 Å². The van der Waals surface area contributed by atoms with E-state index < -0.39 is 0 Å². The third-order valence-corrected chi connectivity index (χ3v) is 5.13. The maximum absolute atomic E-state index is 12.5. The van der Waals surface area contributed by atoms with Crippen LogP contribution in [0.15, 0.2) is 72.8 Å². The standard InChI is InChI=1S/C25H22N2O3/c1-16-5-3-8-21-22(25(29)27-23(16)21)14-9-17-6-4-7-19(15-17)26-24(28)18-10-12-20(30-2)13-11-18/h3-8,10-15H,9H2,1-2H3,(H,26,28)(H,27,29)/b22-14-. The topological polar surface area (TPSA) is 67.4 Å². The monoisotopic (exact) mass is 398 g/mol. The molecule has 4 rings (SSSR count). The molecule has 30 heavy (non-hydrogen) atoms. The third kappa shape index (κ3) is 3.96. The van der Waals surface area contributed by atoms with Gasteiger partial charge in [-0.3, -0.25) is 9.59 Å². The van der Waals surface area contributed by atoms with E-state index in [-0.39, 0.29) is 11.8 Å². The lowest BCUT2D eigenvalue weighted by Crippen LogP contribution is -2.11. The average molecular weight is 398 g/mol. The number of carbonyl (C=O) groups is 2. The Labute approximate surface area is 175 Å². The van der Waals surface area contributed by atoms with Gasteiger partial charge in [0.05, 0.1) is 12.8 Å². The van der Waals surface area contributed by atoms with Gasteiger partial charge in [0.25, 0.3) is 11.8 Å². The van der Waals surface area contributed by atoms with E-state index in [1.165, 1.54) is 0 Å². The summed E-state index contributed by atoms with van der Waals surface area (Å²) in [6.45, 7) is 1.98. The molecule has 3 aromatic rings. The minimum Gasteiger partial charge on any atom is -0.497 e. The number of hydrogen-bond donors (Lipinski definition) is 2. The summed E-state index contributed by atoms with van der Waals surface area (Å²) in [5.41, 5.74) is 5.81. The summed E-state index contributed by atoms with van der Waals surface area (Å²) < 4.78 is 5.12. The second kappa shape index (κ2) is 8.25. The first kappa shape index (κ1) is 19.5. The highest BCUT2D eigenvalue weighted by Gasteiger charge is 2.24. The molecule has 0 radical (unpaired) electrons. The minimum atomic E-state index is -0.187. The first-order chi connectivity index (χ1) is 14.5. The number of carbonyl (C=O) groups excluding carboxylic acids is 2. The molecule has 0 bridgehead atoms. The number of ether oxygens (including phenoxy) is 1. The van der Waals surface area contributed by atoms with E-state index in [1.807, 2.05) is 55.5 Å². The van der Waals surface area contributed by atoms with Crippen molar-refractivity contribution in [1.29, 1.82) is 0 Å². The summed E-state index contributed by atoms with van der Waals surface area (Å²) in [4.78, 5) is 24.9. The molecule has 2 amide bonds. The molecule has 5 heteroatoms. The molecular weight excluding hydrogens is 376 g/mol. The molecule has 0 saturated carbocycles. The Morgan fingerprint density at radius 1 is 1.07 bits per heavy atom. The maximum atomic E-state index is 12.5. The summed E-state index contributed by atoms with van der Waals surface area (Å²) in [6, 6.07) is 20.5. The molecule has 0 spiro atoms. The Kier molecular flexibility index (Phi) is 5.35. The molecule has 5 nitrogen and oxygen atoms in total. The molecule has 3 aromatic carbocycles. The van der Waals surface area contributed by atoms with E-state index in [1.54, 1.807) is 31.4 Å². The van der Waals surface area contributed by atoms with Crippen molar-refractivity contribution in [1.82, 2.24) is 0 Å². The van der Waals surface area contributed by atoms with Gasteiger partial charge in [-0.15, -0.1) is 0 Å². The molecular formula is C25H22N2O3. The lowest BCUT2D eigenvalue weighted by Gasteiger charge is -2.08. The molecule has 0 saturated heterocycles. The van der Waals surface area contributed by atoms with Crippen LogP contribution in [0.3, 0.4) is 0 Å². The summed E-state index contributed by atoms with van der Waals surface area (Å²) >= 11 is 0. The number of para-hydroxylation sites is 1. The number of allylic oxidation sites excluding steroid dienone is 1. The van der Waals surface area contributed by atoms with Gasteiger partial charge in [-0.2, -0.15) is 0 Å². The van der Waals surface area contributed by atoms with Gasteiger partial charge < -0.3 is 15.4 Å². The van der Waals surface area contributed by atoms with Crippen LogP contribution < -0.4 is 15.4 Å². The highest BCUT2D eigenvalue weighted by molar-refractivity contribution is 6.31. The fraction of sp³-hybridized carbons (Fsp3) is 0.120. The third-order valence-electron chi connectivity index (χ3n) is 5.13. The lowest BCUT2D eigenvalue weighted by molar-refractivity contribution is -0.110. The van der Waals surface area contributed by atoms with Crippen LogP contribution in [0.1, 0.15) is 27.0 Å². The van der Waals surface area contributed by atoms with E-state index in [0.717, 1.165) is 22.4 Å². The van der Waals surface area contributed by atoms with Crippen molar-refractivity contribution in [2.24, 2.45) is 0 Å². The largest absolute Gasteiger partial charge is 0.497 e. The van der Waals surface area contributed by atoms with Crippen LogP contribution in [0.25, 0.3) is 5.57 Å². The number of rotatable bonds is 5. The summed E-state index contributed by atoms with van der Waals surface area (Å²) in [7, 11) is 1.59. The molecule has 0 atom stereocenters. The number of aryl methyl sites for hydroxylation is 1. The number of anilines is 2. The van der Waals surface area contributed by atoms with Gasteiger partial charge in [-0.1, -0.05) is 36.4 Å². The van der Waals surface area contributed by atoms with Crippen LogP contribution in [0, 0.1) is 6.92 Å². The summed E-state index contributed by atoms with van der Waals surface area (Å²) in [5, 5.41) is 5.86. The number of methoxy groups -OCH3 is 1. The Morgan fingerprint density at radius 2 is 1.83 bits per heavy atom. The number of fused-ring (bicyclic) bond motifs is 1. The van der Waals surface area contributed by atoms with Crippen molar-refractivity contribution < 1.29 is 14.3 Å². The highest BCUT2D eigenvalue weighted by atomic mass is 16.5. The Bertz CT molecular complexity index is 1150. The first-order valence-corrected chi connectivity index (χ1v) is 9.71. The molecule has 0 unspecified atom stereocenters. The maximum Gasteiger partial charge on any atom is 0.256 e. The van der Waals surface area contributed by atoms with Crippen molar-refractivity contribution in [2.45, 2.75) is 13.3 Å². The SMILES string of the molecule is COc1ccc(C(=O)Nc2cccc(C/C=C3\C(=O)Nc4c(C)cccc43)c2)cc1. The molecule has 0 aromatic heterocycles. The number of benzene rings is 3. The van der Waals surface area contributed by atoms with Crippen molar-refractivity contribution in [3.05, 3.63) is 95.1 Å². The van der Waals surface area contributed by atoms with Gasteiger partial charge >= 0.3 is 0 Å². The van der Waals surface area contributed by atoms with Crippen molar-refractivity contribution >= 4 is 28.8 Å². The zero-order valence-corrected chi connectivity index (χ0v) is 16.9. The van der Waals surface area contributed by atoms with Crippen LogP contribution in [-0.4, -0.2) is 18.9 Å². The molecule has 0 aliphatic carbocycles. The minimum absolute atomic E-state index is 0.0803. The smallest absolute Gasteiger partial charge is 0.256 e. The zero-order valence-electron chi connectivity index (χ0n) is 16.9. The summed E-state index contributed by atoms with van der Waals surface area (Å²) in [6.07, 6.45) is 2.52. The van der Waals surface area contributed by atoms with Crippen molar-refractivity contribution in [3.63, 3.8) is 0 Å². The van der Waals surface area contributed by atoms with Gasteiger partial charge in [0, 0.05) is 22.4 Å². The van der Waals surface area contributed by atoms with Crippen molar-refractivity contribution in [3.8, 4) is 5.75 Å². The molecule has 1 heterocycles. The first-order valence-electron chi connectivity index (χ1n) is 9.71. The summed E-state index contributed by atoms with van der Waals surface area (Å²) in [5.74, 6) is 0.435. The van der Waals surface area contributed by atoms with Gasteiger partial charge in [-0.05, 0) is 60.9 Å². The van der Waals surface area contributed by atoms with Crippen molar-refractivity contribution in [2.75, 3.05) is 17.7 Å². The normalized spacial score (nSPS) is 13.7. The van der Waals surface area contributed by atoms with Crippen LogP contribution in [0.5, 0.6) is 5.75 Å². The van der Waals surface area contributed by atoms with Gasteiger partial charge in [0.2, 0.25) is 0 Å². The van der Waals surface area contributed by atoms with Gasteiger partial charge in [0.1, 0.15) is 5.75 Å². The number of hydrogen-bond acceptors (Lipinski definition) is 3. The fourth-order valence-corrected chi connectivity index (χ4v) is 3.51. The van der Waals surface area contributed by atoms with E-state index in [0.29, 0.717) is 29.0 Å². The molecule has 150 valence electrons. The van der Waals surface area contributed by atoms with Crippen LogP contribution in [0.4, 0.5) is 11.4 Å². The second-order valence-electron chi connectivity index (χ2n) is 7.16.